The number of oxazole rings is 1. The van der Waals surface area contributed by atoms with E-state index in [9.17, 15) is 0 Å². The summed E-state index contributed by atoms with van der Waals surface area (Å²) in [6.45, 7) is 0. The van der Waals surface area contributed by atoms with Crippen molar-refractivity contribution < 1.29 is 4.42 Å². The van der Waals surface area contributed by atoms with Crippen LogP contribution >= 0.6 is 38.9 Å². The maximum absolute atomic E-state index is 5.61. The largest absolute Gasteiger partial charge is 0.444 e. The molecule has 0 atom stereocenters. The summed E-state index contributed by atoms with van der Waals surface area (Å²) in [7, 11) is 0. The summed E-state index contributed by atoms with van der Waals surface area (Å²) in [5.41, 5.74) is 1.73. The number of rotatable bonds is 2. The van der Waals surface area contributed by atoms with Gasteiger partial charge in [0.25, 0.3) is 0 Å². The van der Waals surface area contributed by atoms with E-state index in [0.717, 1.165) is 15.0 Å². The zero-order chi connectivity index (χ0) is 9.26. The number of hydrogen-bond donors (Lipinski definition) is 0. The Morgan fingerprint density at radius 3 is 3.00 bits per heavy atom. The highest BCUT2D eigenvalue weighted by atomic mass is 79.9. The molecule has 5 heteroatoms. The van der Waals surface area contributed by atoms with Gasteiger partial charge in [-0.1, -0.05) is 0 Å². The third kappa shape index (κ3) is 1.80. The quantitative estimate of drug-likeness (QED) is 0.779. The number of halogens is 2. The molecule has 0 unspecified atom stereocenters. The molecule has 0 aliphatic heterocycles. The van der Waals surface area contributed by atoms with Crippen molar-refractivity contribution in [3.8, 4) is 11.5 Å². The first-order valence-electron chi connectivity index (χ1n) is 3.55. The molecule has 0 fully saturated rings. The molecular weight excluding hydrogens is 274 g/mol. The van der Waals surface area contributed by atoms with E-state index in [1.54, 1.807) is 17.6 Å². The zero-order valence-electron chi connectivity index (χ0n) is 6.46. The van der Waals surface area contributed by atoms with Crippen LogP contribution in [0.5, 0.6) is 0 Å². The minimum Gasteiger partial charge on any atom is -0.444 e. The molecule has 2 rings (SSSR count). The van der Waals surface area contributed by atoms with Crippen LogP contribution < -0.4 is 0 Å². The second kappa shape index (κ2) is 3.82. The van der Waals surface area contributed by atoms with E-state index in [1.807, 2.05) is 11.4 Å². The Morgan fingerprint density at radius 1 is 1.62 bits per heavy atom. The highest BCUT2D eigenvalue weighted by Gasteiger charge is 2.10. The van der Waals surface area contributed by atoms with Crippen LogP contribution in [0.15, 0.2) is 25.9 Å². The smallest absolute Gasteiger partial charge is 0.228 e. The van der Waals surface area contributed by atoms with Gasteiger partial charge in [-0.15, -0.1) is 22.9 Å². The second-order valence-electron chi connectivity index (χ2n) is 2.39. The monoisotopic (exact) mass is 277 g/mol. The summed E-state index contributed by atoms with van der Waals surface area (Å²) in [4.78, 5) is 4.21. The molecule has 2 aromatic heterocycles. The van der Waals surface area contributed by atoms with Crippen LogP contribution in [0.25, 0.3) is 11.5 Å². The lowest BCUT2D eigenvalue weighted by atomic mass is 10.3. The van der Waals surface area contributed by atoms with Crippen LogP contribution in [-0.2, 0) is 5.88 Å². The molecule has 68 valence electrons. The van der Waals surface area contributed by atoms with Gasteiger partial charge in [0.15, 0.2) is 0 Å². The Balaban J connectivity index is 2.41. The molecule has 0 radical (unpaired) electrons. The molecule has 0 aromatic carbocycles. The molecule has 0 amide bonds. The van der Waals surface area contributed by atoms with E-state index in [1.165, 1.54) is 0 Å². The molecule has 0 bridgehead atoms. The highest BCUT2D eigenvalue weighted by Crippen LogP contribution is 2.32. The van der Waals surface area contributed by atoms with Gasteiger partial charge in [-0.3, -0.25) is 0 Å². The van der Waals surface area contributed by atoms with Crippen molar-refractivity contribution in [2.24, 2.45) is 0 Å². The van der Waals surface area contributed by atoms with E-state index < -0.39 is 0 Å². The lowest BCUT2D eigenvalue weighted by Crippen LogP contribution is -1.77. The van der Waals surface area contributed by atoms with Crippen molar-refractivity contribution in [1.82, 2.24) is 4.98 Å². The molecule has 0 aliphatic carbocycles. The van der Waals surface area contributed by atoms with Gasteiger partial charge in [-0.05, 0) is 27.4 Å². The maximum Gasteiger partial charge on any atom is 0.228 e. The van der Waals surface area contributed by atoms with Crippen molar-refractivity contribution >= 4 is 38.9 Å². The molecule has 2 nitrogen and oxygen atoms in total. The molecular formula is C8H5BrClNOS. The SMILES string of the molecule is ClCc1coc(-c2ccsc2Br)n1. The van der Waals surface area contributed by atoms with E-state index in [0.29, 0.717) is 11.8 Å². The van der Waals surface area contributed by atoms with Gasteiger partial charge in [0.2, 0.25) is 5.89 Å². The summed E-state index contributed by atoms with van der Waals surface area (Å²) in [5, 5.41) is 1.98. The minimum absolute atomic E-state index is 0.380. The normalized spacial score (nSPS) is 10.6. The summed E-state index contributed by atoms with van der Waals surface area (Å²) >= 11 is 10.6. The number of alkyl halides is 1. The first-order chi connectivity index (χ1) is 6.31. The number of nitrogens with zero attached hydrogens (tertiary/aromatic N) is 1. The topological polar surface area (TPSA) is 26.0 Å². The van der Waals surface area contributed by atoms with Crippen LogP contribution in [0, 0.1) is 0 Å². The molecule has 13 heavy (non-hydrogen) atoms. The molecule has 0 saturated heterocycles. The van der Waals surface area contributed by atoms with Gasteiger partial charge >= 0.3 is 0 Å². The molecule has 0 N–H and O–H groups in total. The van der Waals surface area contributed by atoms with E-state index in [4.69, 9.17) is 16.0 Å². The van der Waals surface area contributed by atoms with Crippen LogP contribution in [0.3, 0.4) is 0 Å². The zero-order valence-corrected chi connectivity index (χ0v) is 9.62. The Morgan fingerprint density at radius 2 is 2.46 bits per heavy atom. The first-order valence-corrected chi connectivity index (χ1v) is 5.75. The van der Waals surface area contributed by atoms with Crippen molar-refractivity contribution in [2.45, 2.75) is 5.88 Å². The summed E-state index contributed by atoms with van der Waals surface area (Å²) < 4.78 is 6.29. The van der Waals surface area contributed by atoms with Crippen LogP contribution in [0.2, 0.25) is 0 Å². The standard InChI is InChI=1S/C8H5BrClNOS/c9-7-6(1-2-13-7)8-11-5(3-10)4-12-8/h1-2,4H,3H2. The van der Waals surface area contributed by atoms with Crippen molar-refractivity contribution in [3.63, 3.8) is 0 Å². The van der Waals surface area contributed by atoms with Crippen LogP contribution in [-0.4, -0.2) is 4.98 Å². The molecule has 0 saturated carbocycles. The summed E-state index contributed by atoms with van der Waals surface area (Å²) in [5.74, 6) is 0.995. The highest BCUT2D eigenvalue weighted by molar-refractivity contribution is 9.11. The van der Waals surface area contributed by atoms with E-state index >= 15 is 0 Å². The minimum atomic E-state index is 0.380. The van der Waals surface area contributed by atoms with Gasteiger partial charge in [-0.2, -0.15) is 0 Å². The Hall–Kier alpha value is -0.320. The Labute approximate surface area is 92.7 Å². The number of hydrogen-bond acceptors (Lipinski definition) is 3. The van der Waals surface area contributed by atoms with Gasteiger partial charge in [-0.25, -0.2) is 4.98 Å². The average Bonchev–Trinajstić information content (AvgIpc) is 2.71. The van der Waals surface area contributed by atoms with Crippen LogP contribution in [0.1, 0.15) is 5.69 Å². The maximum atomic E-state index is 5.61. The fraction of sp³-hybridized carbons (Fsp3) is 0.125. The predicted molar refractivity (Wildman–Crippen MR) is 57.1 cm³/mol. The van der Waals surface area contributed by atoms with Gasteiger partial charge in [0.05, 0.1) is 20.9 Å². The fourth-order valence-corrected chi connectivity index (χ4v) is 2.29. The average molecular weight is 279 g/mol. The number of aromatic nitrogens is 1. The van der Waals surface area contributed by atoms with Crippen molar-refractivity contribution in [1.29, 1.82) is 0 Å². The summed E-state index contributed by atoms with van der Waals surface area (Å²) in [6.07, 6.45) is 1.58. The summed E-state index contributed by atoms with van der Waals surface area (Å²) in [6, 6.07) is 1.96. The molecule has 0 spiro atoms. The number of thiophene rings is 1. The molecule has 2 heterocycles. The molecule has 2 aromatic rings. The van der Waals surface area contributed by atoms with Gasteiger partial charge in [0, 0.05) is 0 Å². The van der Waals surface area contributed by atoms with Crippen molar-refractivity contribution in [3.05, 3.63) is 27.2 Å². The second-order valence-corrected chi connectivity index (χ2v) is 4.89. The van der Waals surface area contributed by atoms with Crippen LogP contribution in [0.4, 0.5) is 0 Å². The molecule has 0 aliphatic rings. The van der Waals surface area contributed by atoms with E-state index in [2.05, 4.69) is 20.9 Å². The van der Waals surface area contributed by atoms with E-state index in [-0.39, 0.29) is 0 Å². The predicted octanol–water partition coefficient (Wildman–Crippen LogP) is 3.90. The first kappa shape index (κ1) is 9.24. The lowest BCUT2D eigenvalue weighted by Gasteiger charge is -1.88. The lowest BCUT2D eigenvalue weighted by molar-refractivity contribution is 0.573. The van der Waals surface area contributed by atoms with Gasteiger partial charge in [0.1, 0.15) is 6.26 Å². The third-order valence-corrected chi connectivity index (χ3v) is 3.50. The Bertz CT molecular complexity index is 412. The van der Waals surface area contributed by atoms with Gasteiger partial charge < -0.3 is 4.42 Å². The third-order valence-electron chi connectivity index (χ3n) is 1.54. The Kier molecular flexibility index (Phi) is 2.71. The van der Waals surface area contributed by atoms with Crippen molar-refractivity contribution in [2.75, 3.05) is 0 Å². The fourth-order valence-electron chi connectivity index (χ4n) is 0.938.